The summed E-state index contributed by atoms with van der Waals surface area (Å²) in [5, 5.41) is 3.32. The lowest BCUT2D eigenvalue weighted by molar-refractivity contribution is 0.0762. The van der Waals surface area contributed by atoms with E-state index in [2.05, 4.69) is 12.2 Å². The molecule has 1 saturated heterocycles. The van der Waals surface area contributed by atoms with E-state index in [1.54, 1.807) is 0 Å². The lowest BCUT2D eigenvalue weighted by Gasteiger charge is -2.32. The number of fused-ring (bicyclic) bond motifs is 1. The molecule has 1 aromatic carbocycles. The zero-order valence-corrected chi connectivity index (χ0v) is 10.8. The van der Waals surface area contributed by atoms with Crippen LogP contribution in [0.4, 0.5) is 0 Å². The molecule has 0 bridgehead atoms. The van der Waals surface area contributed by atoms with Gasteiger partial charge in [-0.1, -0.05) is 6.92 Å². The van der Waals surface area contributed by atoms with E-state index >= 15 is 0 Å². The topological polar surface area (TPSA) is 38.3 Å². The highest BCUT2D eigenvalue weighted by Crippen LogP contribution is 2.34. The van der Waals surface area contributed by atoms with Crippen LogP contribution in [0.5, 0.6) is 5.75 Å². The Morgan fingerprint density at radius 1 is 1.33 bits per heavy atom. The van der Waals surface area contributed by atoms with Gasteiger partial charge in [-0.2, -0.15) is 0 Å². The van der Waals surface area contributed by atoms with Crippen LogP contribution < -0.4 is 10.1 Å². The average Bonchev–Trinajstić information content (AvgIpc) is 2.86. The van der Waals surface area contributed by atoms with E-state index in [-0.39, 0.29) is 5.41 Å². The Hall–Kier alpha value is -1.35. The van der Waals surface area contributed by atoms with E-state index in [0.717, 1.165) is 50.3 Å². The number of benzene rings is 1. The third-order valence-electron chi connectivity index (χ3n) is 4.21. The molecule has 0 unspecified atom stereocenters. The van der Waals surface area contributed by atoms with Gasteiger partial charge in [0.1, 0.15) is 5.75 Å². The van der Waals surface area contributed by atoms with Crippen molar-refractivity contribution in [3.8, 4) is 5.75 Å². The van der Waals surface area contributed by atoms with Gasteiger partial charge < -0.3 is 10.1 Å². The molecule has 0 atom stereocenters. The van der Waals surface area contributed by atoms with Crippen LogP contribution in [0.1, 0.15) is 35.7 Å². The molecule has 1 N–H and O–H groups in total. The molecule has 2 aliphatic heterocycles. The van der Waals surface area contributed by atoms with Crippen molar-refractivity contribution in [1.29, 1.82) is 0 Å². The van der Waals surface area contributed by atoms with E-state index in [4.69, 9.17) is 4.74 Å². The van der Waals surface area contributed by atoms with E-state index in [1.807, 2.05) is 18.2 Å². The van der Waals surface area contributed by atoms with Gasteiger partial charge in [-0.25, -0.2) is 0 Å². The van der Waals surface area contributed by atoms with Crippen molar-refractivity contribution in [2.24, 2.45) is 5.41 Å². The molecule has 1 aromatic rings. The fraction of sp³-hybridized carbons (Fsp3) is 0.533. The second kappa shape index (κ2) is 4.39. The van der Waals surface area contributed by atoms with Crippen LogP contribution in [0.15, 0.2) is 18.2 Å². The molecule has 3 rings (SSSR count). The first-order chi connectivity index (χ1) is 8.69. The van der Waals surface area contributed by atoms with Crippen molar-refractivity contribution in [2.45, 2.75) is 26.2 Å². The number of rotatable bonds is 2. The first kappa shape index (κ1) is 11.7. The van der Waals surface area contributed by atoms with Crippen molar-refractivity contribution in [3.63, 3.8) is 0 Å². The molecular formula is C15H19NO2. The van der Waals surface area contributed by atoms with Crippen LogP contribution in [0.2, 0.25) is 0 Å². The number of carbonyl (C=O) groups excluding carboxylic acids is 1. The second-order valence-electron chi connectivity index (χ2n) is 5.56. The van der Waals surface area contributed by atoms with Crippen LogP contribution in [0, 0.1) is 5.41 Å². The molecule has 18 heavy (non-hydrogen) atoms. The molecule has 2 aliphatic rings. The maximum atomic E-state index is 12.7. The van der Waals surface area contributed by atoms with Crippen LogP contribution in [-0.4, -0.2) is 25.5 Å². The Morgan fingerprint density at radius 3 is 2.89 bits per heavy atom. The number of hydrogen-bond acceptors (Lipinski definition) is 3. The van der Waals surface area contributed by atoms with E-state index in [1.165, 1.54) is 5.56 Å². The SMILES string of the molecule is CC1(C(=O)c2ccc3c(c2)CCO3)CCNCC1. The normalized spacial score (nSPS) is 21.2. The molecule has 0 aromatic heterocycles. The first-order valence-corrected chi connectivity index (χ1v) is 6.70. The third kappa shape index (κ3) is 1.93. The zero-order chi connectivity index (χ0) is 12.6. The summed E-state index contributed by atoms with van der Waals surface area (Å²) in [6.07, 6.45) is 2.79. The fourth-order valence-corrected chi connectivity index (χ4v) is 2.88. The standard InChI is InChI=1S/C15H19NO2/c1-15(5-7-16-8-6-15)14(17)12-2-3-13-11(10-12)4-9-18-13/h2-3,10,16H,4-9H2,1H3. The number of nitrogens with one attached hydrogen (secondary N) is 1. The van der Waals surface area contributed by atoms with Gasteiger partial charge in [0.2, 0.25) is 0 Å². The van der Waals surface area contributed by atoms with Crippen LogP contribution >= 0.6 is 0 Å². The minimum atomic E-state index is -0.195. The van der Waals surface area contributed by atoms with Crippen LogP contribution in [0.25, 0.3) is 0 Å². The number of Topliss-reactive ketones (excluding diaryl/α,β-unsaturated/α-hetero) is 1. The zero-order valence-electron chi connectivity index (χ0n) is 10.8. The Bertz CT molecular complexity index is 475. The van der Waals surface area contributed by atoms with Crippen molar-refractivity contribution < 1.29 is 9.53 Å². The van der Waals surface area contributed by atoms with Crippen molar-refractivity contribution in [2.75, 3.05) is 19.7 Å². The van der Waals surface area contributed by atoms with Gasteiger partial charge in [0, 0.05) is 17.4 Å². The number of ketones is 1. The average molecular weight is 245 g/mol. The van der Waals surface area contributed by atoms with Crippen LogP contribution in [0.3, 0.4) is 0 Å². The van der Waals surface area contributed by atoms with Gasteiger partial charge >= 0.3 is 0 Å². The lowest BCUT2D eigenvalue weighted by Crippen LogP contribution is -2.40. The quantitative estimate of drug-likeness (QED) is 0.812. The minimum Gasteiger partial charge on any atom is -0.493 e. The minimum absolute atomic E-state index is 0.195. The molecule has 0 aliphatic carbocycles. The molecule has 0 saturated carbocycles. The molecule has 0 amide bonds. The van der Waals surface area contributed by atoms with Gasteiger partial charge in [-0.3, -0.25) is 4.79 Å². The summed E-state index contributed by atoms with van der Waals surface area (Å²) in [4.78, 5) is 12.7. The lowest BCUT2D eigenvalue weighted by atomic mass is 9.75. The fourth-order valence-electron chi connectivity index (χ4n) is 2.88. The Labute approximate surface area is 108 Å². The number of carbonyl (C=O) groups is 1. The summed E-state index contributed by atoms with van der Waals surface area (Å²) in [5.41, 5.74) is 1.83. The van der Waals surface area contributed by atoms with Gasteiger partial charge in [0.15, 0.2) is 5.78 Å². The smallest absolute Gasteiger partial charge is 0.168 e. The Balaban J connectivity index is 1.88. The van der Waals surface area contributed by atoms with E-state index < -0.39 is 0 Å². The van der Waals surface area contributed by atoms with Crippen molar-refractivity contribution in [1.82, 2.24) is 5.32 Å². The largest absolute Gasteiger partial charge is 0.493 e. The summed E-state index contributed by atoms with van der Waals surface area (Å²) in [5.74, 6) is 1.24. The summed E-state index contributed by atoms with van der Waals surface area (Å²) >= 11 is 0. The molecule has 2 heterocycles. The number of piperidine rings is 1. The van der Waals surface area contributed by atoms with Crippen LogP contribution in [-0.2, 0) is 6.42 Å². The predicted molar refractivity (Wildman–Crippen MR) is 70.2 cm³/mol. The molecule has 1 fully saturated rings. The van der Waals surface area contributed by atoms with E-state index in [0.29, 0.717) is 5.78 Å². The highest BCUT2D eigenvalue weighted by molar-refractivity contribution is 6.00. The molecule has 0 spiro atoms. The summed E-state index contributed by atoms with van der Waals surface area (Å²) in [6, 6.07) is 5.89. The predicted octanol–water partition coefficient (Wildman–Crippen LogP) is 2.19. The van der Waals surface area contributed by atoms with Gasteiger partial charge in [0.25, 0.3) is 0 Å². The second-order valence-corrected chi connectivity index (χ2v) is 5.56. The first-order valence-electron chi connectivity index (χ1n) is 6.70. The molecule has 96 valence electrons. The van der Waals surface area contributed by atoms with Gasteiger partial charge in [-0.15, -0.1) is 0 Å². The van der Waals surface area contributed by atoms with Gasteiger partial charge in [0.05, 0.1) is 6.61 Å². The third-order valence-corrected chi connectivity index (χ3v) is 4.21. The maximum absolute atomic E-state index is 12.7. The van der Waals surface area contributed by atoms with Crippen molar-refractivity contribution in [3.05, 3.63) is 29.3 Å². The van der Waals surface area contributed by atoms with E-state index in [9.17, 15) is 4.79 Å². The monoisotopic (exact) mass is 245 g/mol. The summed E-state index contributed by atoms with van der Waals surface area (Å²) < 4.78 is 5.48. The summed E-state index contributed by atoms with van der Waals surface area (Å²) in [6.45, 7) is 4.72. The Kier molecular flexibility index (Phi) is 2.86. The Morgan fingerprint density at radius 2 is 2.11 bits per heavy atom. The molecule has 3 heteroatoms. The summed E-state index contributed by atoms with van der Waals surface area (Å²) in [7, 11) is 0. The maximum Gasteiger partial charge on any atom is 0.168 e. The van der Waals surface area contributed by atoms with Gasteiger partial charge in [-0.05, 0) is 49.7 Å². The molecular weight excluding hydrogens is 226 g/mol. The molecule has 3 nitrogen and oxygen atoms in total. The van der Waals surface area contributed by atoms with Crippen molar-refractivity contribution >= 4 is 5.78 Å². The highest BCUT2D eigenvalue weighted by atomic mass is 16.5. The number of ether oxygens (including phenoxy) is 1. The molecule has 0 radical (unpaired) electrons. The number of hydrogen-bond donors (Lipinski definition) is 1. The highest BCUT2D eigenvalue weighted by Gasteiger charge is 2.35.